The highest BCUT2D eigenvalue weighted by atomic mass is 15.1. The first-order valence-corrected chi connectivity index (χ1v) is 21.8. The molecule has 3 atom stereocenters. The lowest BCUT2D eigenvalue weighted by molar-refractivity contribution is 0.420. The molecule has 0 amide bonds. The minimum atomic E-state index is -0.108. The summed E-state index contributed by atoms with van der Waals surface area (Å²) in [4.78, 5) is 2.52. The van der Waals surface area contributed by atoms with Crippen molar-refractivity contribution in [2.24, 2.45) is 11.8 Å². The molecule has 0 aliphatic heterocycles. The van der Waals surface area contributed by atoms with Crippen molar-refractivity contribution in [2.75, 3.05) is 4.90 Å². The van der Waals surface area contributed by atoms with Gasteiger partial charge in [0.1, 0.15) is 0 Å². The van der Waals surface area contributed by atoms with Crippen LogP contribution in [0.25, 0.3) is 33.4 Å². The Morgan fingerprint density at radius 2 is 1.04 bits per heavy atom. The fourth-order valence-corrected chi connectivity index (χ4v) is 12.2. The molecule has 56 heavy (non-hydrogen) atoms. The Bertz CT molecular complexity index is 2470. The van der Waals surface area contributed by atoms with E-state index < -0.39 is 0 Å². The molecule has 11 rings (SSSR count). The van der Waals surface area contributed by atoms with Crippen LogP contribution in [0, 0.1) is 11.8 Å². The molecule has 6 aromatic rings. The van der Waals surface area contributed by atoms with Crippen molar-refractivity contribution in [3.8, 4) is 33.4 Å². The number of hydrogen-bond donors (Lipinski definition) is 0. The Hall–Kier alpha value is -4.88. The number of anilines is 3. The summed E-state index contributed by atoms with van der Waals surface area (Å²) in [5.41, 5.74) is 20.4. The third-order valence-electron chi connectivity index (χ3n) is 15.4. The van der Waals surface area contributed by atoms with Crippen molar-refractivity contribution < 1.29 is 0 Å². The lowest BCUT2D eigenvalue weighted by Crippen LogP contribution is -2.17. The molecule has 0 radical (unpaired) electrons. The molecule has 1 nitrogen and oxygen atoms in total. The molecular weight excluding hydrogens is 675 g/mol. The molecule has 0 saturated heterocycles. The molecular formula is C55H55N. The monoisotopic (exact) mass is 729 g/mol. The second-order valence-corrected chi connectivity index (χ2v) is 19.2. The lowest BCUT2D eigenvalue weighted by Gasteiger charge is -2.29. The first-order chi connectivity index (χ1) is 27.2. The van der Waals surface area contributed by atoms with Crippen LogP contribution in [0.3, 0.4) is 0 Å². The number of hydrogen-bond acceptors (Lipinski definition) is 1. The average Bonchev–Trinajstić information content (AvgIpc) is 3.98. The topological polar surface area (TPSA) is 3.24 Å². The molecule has 2 bridgehead atoms. The molecule has 3 fully saturated rings. The van der Waals surface area contributed by atoms with Crippen LogP contribution in [0.15, 0.2) is 127 Å². The van der Waals surface area contributed by atoms with Gasteiger partial charge < -0.3 is 4.90 Å². The van der Waals surface area contributed by atoms with Crippen molar-refractivity contribution in [1.29, 1.82) is 0 Å². The fourth-order valence-electron chi connectivity index (χ4n) is 12.2. The van der Waals surface area contributed by atoms with Gasteiger partial charge in [-0.15, -0.1) is 0 Å². The van der Waals surface area contributed by atoms with Gasteiger partial charge in [-0.3, -0.25) is 0 Å². The smallest absolute Gasteiger partial charge is 0.0465 e. The molecule has 5 aliphatic rings. The standard InChI is InChI=1S/C55H55N/c1-54(2)50-13-9-8-12-45(50)46-27-20-40(33-52(46)54)39-21-29-51-49(32-39)47-28-26-44(34-53(47)55(51,3)4)56(42-22-16-37(17-23-42)36-10-6-5-7-11-36)43-24-18-38(19-25-43)48-31-35-14-15-41(48)30-35/h8-9,12-13,16-29,32-36,41,48H,5-7,10-11,14-15,30-31H2,1-4H3. The van der Waals surface area contributed by atoms with E-state index in [4.69, 9.17) is 0 Å². The lowest BCUT2D eigenvalue weighted by atomic mass is 9.81. The largest absolute Gasteiger partial charge is 0.310 e. The van der Waals surface area contributed by atoms with Crippen LogP contribution in [-0.2, 0) is 10.8 Å². The number of fused-ring (bicyclic) bond motifs is 8. The van der Waals surface area contributed by atoms with Gasteiger partial charge in [0, 0.05) is 27.9 Å². The van der Waals surface area contributed by atoms with E-state index in [9.17, 15) is 0 Å². The van der Waals surface area contributed by atoms with Gasteiger partial charge in [-0.1, -0.05) is 132 Å². The molecule has 1 heteroatoms. The van der Waals surface area contributed by atoms with Gasteiger partial charge in [-0.25, -0.2) is 0 Å². The van der Waals surface area contributed by atoms with E-state index in [0.717, 1.165) is 17.8 Å². The highest BCUT2D eigenvalue weighted by Crippen LogP contribution is 2.55. The first kappa shape index (κ1) is 34.4. The number of benzene rings is 6. The summed E-state index contributed by atoms with van der Waals surface area (Å²) in [6, 6.07) is 50.0. The van der Waals surface area contributed by atoms with Crippen LogP contribution in [0.1, 0.15) is 131 Å². The summed E-state index contributed by atoms with van der Waals surface area (Å²) >= 11 is 0. The van der Waals surface area contributed by atoms with Crippen molar-refractivity contribution in [2.45, 2.75) is 108 Å². The second kappa shape index (κ2) is 12.8. The van der Waals surface area contributed by atoms with E-state index in [-0.39, 0.29) is 10.8 Å². The van der Waals surface area contributed by atoms with Gasteiger partial charge in [0.25, 0.3) is 0 Å². The van der Waals surface area contributed by atoms with E-state index in [1.807, 2.05) is 0 Å². The van der Waals surface area contributed by atoms with Crippen molar-refractivity contribution in [1.82, 2.24) is 0 Å². The molecule has 280 valence electrons. The third-order valence-corrected chi connectivity index (χ3v) is 15.4. The second-order valence-electron chi connectivity index (χ2n) is 19.2. The Labute approximate surface area is 334 Å². The zero-order valence-electron chi connectivity index (χ0n) is 33.7. The molecule has 3 saturated carbocycles. The first-order valence-electron chi connectivity index (χ1n) is 21.8. The molecule has 5 aliphatic carbocycles. The number of nitrogens with zero attached hydrogens (tertiary/aromatic N) is 1. The minimum Gasteiger partial charge on any atom is -0.310 e. The van der Waals surface area contributed by atoms with Gasteiger partial charge in [0.05, 0.1) is 0 Å². The summed E-state index contributed by atoms with van der Waals surface area (Å²) in [5.74, 6) is 3.30. The predicted molar refractivity (Wildman–Crippen MR) is 236 cm³/mol. The Morgan fingerprint density at radius 3 is 1.75 bits per heavy atom. The van der Waals surface area contributed by atoms with E-state index in [1.165, 1.54) is 136 Å². The average molecular weight is 730 g/mol. The van der Waals surface area contributed by atoms with Crippen molar-refractivity contribution in [3.05, 3.63) is 161 Å². The molecule has 6 aromatic carbocycles. The fraction of sp³-hybridized carbons (Fsp3) is 0.345. The molecule has 0 N–H and O–H groups in total. The zero-order valence-corrected chi connectivity index (χ0v) is 33.7. The van der Waals surface area contributed by atoms with Crippen LogP contribution >= 0.6 is 0 Å². The summed E-state index contributed by atoms with van der Waals surface area (Å²) in [7, 11) is 0. The summed E-state index contributed by atoms with van der Waals surface area (Å²) in [6.45, 7) is 9.59. The van der Waals surface area contributed by atoms with E-state index in [1.54, 1.807) is 5.56 Å². The van der Waals surface area contributed by atoms with Gasteiger partial charge >= 0.3 is 0 Å². The van der Waals surface area contributed by atoms with E-state index >= 15 is 0 Å². The molecule has 0 spiro atoms. The van der Waals surface area contributed by atoms with Crippen LogP contribution < -0.4 is 4.90 Å². The maximum Gasteiger partial charge on any atom is 0.0465 e. The summed E-state index contributed by atoms with van der Waals surface area (Å²) in [5, 5.41) is 0. The van der Waals surface area contributed by atoms with E-state index in [2.05, 4.69) is 160 Å². The van der Waals surface area contributed by atoms with Crippen LogP contribution in [0.2, 0.25) is 0 Å². The van der Waals surface area contributed by atoms with Gasteiger partial charge in [0.2, 0.25) is 0 Å². The normalized spacial score (nSPS) is 22.4. The minimum absolute atomic E-state index is 0.0117. The third kappa shape index (κ3) is 5.33. The van der Waals surface area contributed by atoms with Crippen LogP contribution in [0.5, 0.6) is 0 Å². The summed E-state index contributed by atoms with van der Waals surface area (Å²) in [6.07, 6.45) is 12.5. The van der Waals surface area contributed by atoms with Gasteiger partial charge in [-0.05, 0) is 171 Å². The van der Waals surface area contributed by atoms with Crippen LogP contribution in [0.4, 0.5) is 17.1 Å². The number of rotatable bonds is 6. The quantitative estimate of drug-likeness (QED) is 0.165. The highest BCUT2D eigenvalue weighted by molar-refractivity contribution is 5.89. The Balaban J connectivity index is 0.965. The van der Waals surface area contributed by atoms with Gasteiger partial charge in [-0.2, -0.15) is 0 Å². The van der Waals surface area contributed by atoms with Gasteiger partial charge in [0.15, 0.2) is 0 Å². The van der Waals surface area contributed by atoms with E-state index in [0.29, 0.717) is 5.92 Å². The van der Waals surface area contributed by atoms with Crippen molar-refractivity contribution in [3.63, 3.8) is 0 Å². The van der Waals surface area contributed by atoms with Crippen LogP contribution in [-0.4, -0.2) is 0 Å². The SMILES string of the molecule is CC1(C)c2ccccc2-c2ccc(-c3ccc4c(c3)-c3ccc(N(c5ccc(C6CCCCC6)cc5)c5ccc(C6CC7CCC6C7)cc5)cc3C4(C)C)cc21. The zero-order chi connectivity index (χ0) is 37.8. The molecule has 0 heterocycles. The highest BCUT2D eigenvalue weighted by Gasteiger charge is 2.41. The molecule has 0 aromatic heterocycles. The summed E-state index contributed by atoms with van der Waals surface area (Å²) < 4.78 is 0. The molecule has 3 unspecified atom stereocenters. The van der Waals surface area contributed by atoms with Crippen molar-refractivity contribution >= 4 is 17.1 Å². The predicted octanol–water partition coefficient (Wildman–Crippen LogP) is 15.4. The maximum atomic E-state index is 2.52. The maximum absolute atomic E-state index is 2.52. The Morgan fingerprint density at radius 1 is 0.446 bits per heavy atom. The Kier molecular flexibility index (Phi) is 7.87.